The Bertz CT molecular complexity index is 1060. The maximum Gasteiger partial charge on any atom is 0.276 e. The molecule has 3 rings (SSSR count). The van der Waals surface area contributed by atoms with Crippen LogP contribution < -0.4 is 10.2 Å². The number of hydrogen-bond donors (Lipinski definition) is 1. The Morgan fingerprint density at radius 1 is 1.14 bits per heavy atom. The molecule has 140 valence electrons. The number of benzene rings is 2. The summed E-state index contributed by atoms with van der Waals surface area (Å²) in [5, 5.41) is 13.6. The molecule has 7 nitrogen and oxygen atoms in total. The molecule has 8 heteroatoms. The van der Waals surface area contributed by atoms with Gasteiger partial charge in [0.2, 0.25) is 0 Å². The van der Waals surface area contributed by atoms with Crippen molar-refractivity contribution < 1.29 is 14.5 Å². The van der Waals surface area contributed by atoms with E-state index in [1.165, 1.54) is 29.2 Å². The largest absolute Gasteiger partial charge is 0.298 e. The second-order valence-electron chi connectivity index (χ2n) is 5.99. The van der Waals surface area contributed by atoms with Crippen molar-refractivity contribution in [1.82, 2.24) is 5.32 Å². The molecule has 1 saturated heterocycles. The Morgan fingerprint density at radius 2 is 1.89 bits per heavy atom. The molecule has 1 fully saturated rings. The summed E-state index contributed by atoms with van der Waals surface area (Å²) >= 11 is 5.15. The van der Waals surface area contributed by atoms with Gasteiger partial charge in [0.05, 0.1) is 16.2 Å². The van der Waals surface area contributed by atoms with Crippen molar-refractivity contribution >= 4 is 46.6 Å². The summed E-state index contributed by atoms with van der Waals surface area (Å²) in [4.78, 5) is 36.9. The minimum absolute atomic E-state index is 0.000395. The van der Waals surface area contributed by atoms with Crippen molar-refractivity contribution in [2.75, 3.05) is 4.90 Å². The minimum Gasteiger partial charge on any atom is -0.298 e. The van der Waals surface area contributed by atoms with Crippen molar-refractivity contribution in [3.05, 3.63) is 87.5 Å². The molecule has 2 aromatic rings. The SMILES string of the molecule is Cc1cccc(N2C(=O)C(=CC=Cc3ccccc3[N+](=O)[O-])C(=O)NC2=S)c1. The molecule has 0 spiro atoms. The number of nitrogens with zero attached hydrogens (tertiary/aromatic N) is 2. The third kappa shape index (κ3) is 3.86. The van der Waals surface area contributed by atoms with Crippen LogP contribution in [0.15, 0.2) is 66.3 Å². The van der Waals surface area contributed by atoms with Crippen LogP contribution in [-0.4, -0.2) is 21.9 Å². The molecule has 28 heavy (non-hydrogen) atoms. The second kappa shape index (κ2) is 7.93. The van der Waals surface area contributed by atoms with E-state index in [1.54, 1.807) is 36.4 Å². The maximum absolute atomic E-state index is 12.8. The molecule has 0 radical (unpaired) electrons. The van der Waals surface area contributed by atoms with Crippen molar-refractivity contribution in [2.24, 2.45) is 0 Å². The lowest BCUT2D eigenvalue weighted by atomic mass is 10.1. The van der Waals surface area contributed by atoms with Gasteiger partial charge in [-0.1, -0.05) is 30.3 Å². The van der Waals surface area contributed by atoms with E-state index in [1.807, 2.05) is 13.0 Å². The molecule has 2 aromatic carbocycles. The summed E-state index contributed by atoms with van der Waals surface area (Å²) in [6.45, 7) is 1.88. The summed E-state index contributed by atoms with van der Waals surface area (Å²) < 4.78 is 0. The van der Waals surface area contributed by atoms with E-state index in [9.17, 15) is 19.7 Å². The van der Waals surface area contributed by atoms with Gasteiger partial charge in [0.15, 0.2) is 5.11 Å². The van der Waals surface area contributed by atoms with Gasteiger partial charge in [-0.25, -0.2) is 0 Å². The summed E-state index contributed by atoms with van der Waals surface area (Å²) in [7, 11) is 0. The first-order chi connectivity index (χ1) is 13.4. The van der Waals surface area contributed by atoms with E-state index in [2.05, 4.69) is 5.32 Å². The molecule has 1 aliphatic rings. The highest BCUT2D eigenvalue weighted by atomic mass is 32.1. The van der Waals surface area contributed by atoms with Gasteiger partial charge in [-0.15, -0.1) is 0 Å². The first kappa shape index (κ1) is 19.1. The van der Waals surface area contributed by atoms with Crippen molar-refractivity contribution in [1.29, 1.82) is 0 Å². The number of nitro groups is 1. The number of allylic oxidation sites excluding steroid dienone is 2. The number of aryl methyl sites for hydroxylation is 1. The molecule has 2 amide bonds. The average Bonchev–Trinajstić information content (AvgIpc) is 2.64. The van der Waals surface area contributed by atoms with Crippen LogP contribution in [0.2, 0.25) is 0 Å². The highest BCUT2D eigenvalue weighted by Crippen LogP contribution is 2.22. The zero-order valence-corrected chi connectivity index (χ0v) is 15.6. The van der Waals surface area contributed by atoms with Gasteiger partial charge in [-0.3, -0.25) is 29.9 Å². The summed E-state index contributed by atoms with van der Waals surface area (Å²) in [6.07, 6.45) is 4.21. The first-order valence-corrected chi connectivity index (χ1v) is 8.67. The highest BCUT2D eigenvalue weighted by Gasteiger charge is 2.34. The molecule has 0 unspecified atom stereocenters. The lowest BCUT2D eigenvalue weighted by Crippen LogP contribution is -2.54. The van der Waals surface area contributed by atoms with Gasteiger partial charge < -0.3 is 0 Å². The number of hydrogen-bond acceptors (Lipinski definition) is 5. The van der Waals surface area contributed by atoms with E-state index in [0.717, 1.165) is 5.56 Å². The Morgan fingerprint density at radius 3 is 2.61 bits per heavy atom. The maximum atomic E-state index is 12.8. The lowest BCUT2D eigenvalue weighted by Gasteiger charge is -2.28. The predicted molar refractivity (Wildman–Crippen MR) is 110 cm³/mol. The van der Waals surface area contributed by atoms with Gasteiger partial charge in [-0.05, 0) is 55.1 Å². The molecule has 1 aliphatic heterocycles. The number of anilines is 1. The fraction of sp³-hybridized carbons (Fsp3) is 0.0500. The fourth-order valence-electron chi connectivity index (χ4n) is 2.72. The number of thiocarbonyl (C=S) groups is 1. The topological polar surface area (TPSA) is 92.6 Å². The summed E-state index contributed by atoms with van der Waals surface area (Å²) in [5.41, 5.74) is 1.65. The third-order valence-corrected chi connectivity index (χ3v) is 4.32. The molecular weight excluding hydrogens is 378 g/mol. The van der Waals surface area contributed by atoms with E-state index in [0.29, 0.717) is 11.3 Å². The summed E-state index contributed by atoms with van der Waals surface area (Å²) in [6, 6.07) is 13.3. The van der Waals surface area contributed by atoms with Crippen LogP contribution in [-0.2, 0) is 9.59 Å². The molecule has 0 atom stereocenters. The number of rotatable bonds is 4. The number of carbonyl (C=O) groups is 2. The van der Waals surface area contributed by atoms with E-state index < -0.39 is 16.7 Å². The lowest BCUT2D eigenvalue weighted by molar-refractivity contribution is -0.385. The quantitative estimate of drug-likeness (QED) is 0.283. The monoisotopic (exact) mass is 393 g/mol. The van der Waals surface area contributed by atoms with Gasteiger partial charge in [0, 0.05) is 6.07 Å². The summed E-state index contributed by atoms with van der Waals surface area (Å²) in [5.74, 6) is -1.18. The Balaban J connectivity index is 1.93. The van der Waals surface area contributed by atoms with E-state index in [-0.39, 0.29) is 16.4 Å². The standard InChI is InChI=1S/C20H15N3O4S/c1-13-6-4-9-15(12-13)22-19(25)16(18(24)21-20(22)28)10-5-8-14-7-2-3-11-17(14)23(26)27/h2-12H,1H3,(H,21,24,28). The van der Waals surface area contributed by atoms with Crippen LogP contribution in [0.1, 0.15) is 11.1 Å². The van der Waals surface area contributed by atoms with Crippen molar-refractivity contribution in [3.8, 4) is 0 Å². The Hall–Kier alpha value is -3.65. The molecule has 0 aliphatic carbocycles. The number of para-hydroxylation sites is 1. The van der Waals surface area contributed by atoms with Gasteiger partial charge in [0.1, 0.15) is 5.57 Å². The van der Waals surface area contributed by atoms with Crippen LogP contribution in [0.4, 0.5) is 11.4 Å². The number of amides is 2. The van der Waals surface area contributed by atoms with Gasteiger partial charge in [-0.2, -0.15) is 0 Å². The zero-order valence-electron chi connectivity index (χ0n) is 14.8. The van der Waals surface area contributed by atoms with Gasteiger partial charge >= 0.3 is 0 Å². The first-order valence-electron chi connectivity index (χ1n) is 8.26. The predicted octanol–water partition coefficient (Wildman–Crippen LogP) is 3.29. The van der Waals surface area contributed by atoms with Crippen LogP contribution in [0.25, 0.3) is 6.08 Å². The van der Waals surface area contributed by atoms with Crippen LogP contribution in [0.5, 0.6) is 0 Å². The molecule has 0 saturated carbocycles. The average molecular weight is 393 g/mol. The fourth-order valence-corrected chi connectivity index (χ4v) is 3.00. The minimum atomic E-state index is -0.619. The number of carbonyl (C=O) groups excluding carboxylic acids is 2. The molecule has 1 N–H and O–H groups in total. The molecule has 0 bridgehead atoms. The van der Waals surface area contributed by atoms with E-state index >= 15 is 0 Å². The van der Waals surface area contributed by atoms with Crippen LogP contribution in [0, 0.1) is 17.0 Å². The van der Waals surface area contributed by atoms with Gasteiger partial charge in [0.25, 0.3) is 17.5 Å². The molecular formula is C20H15N3O4S. The van der Waals surface area contributed by atoms with E-state index in [4.69, 9.17) is 12.2 Å². The van der Waals surface area contributed by atoms with Crippen molar-refractivity contribution in [2.45, 2.75) is 6.92 Å². The van der Waals surface area contributed by atoms with Crippen LogP contribution in [0.3, 0.4) is 0 Å². The normalized spacial score (nSPS) is 16.0. The highest BCUT2D eigenvalue weighted by molar-refractivity contribution is 7.80. The third-order valence-electron chi connectivity index (χ3n) is 4.03. The van der Waals surface area contributed by atoms with Crippen molar-refractivity contribution in [3.63, 3.8) is 0 Å². The number of nitrogens with one attached hydrogen (secondary N) is 1. The molecule has 1 heterocycles. The smallest absolute Gasteiger partial charge is 0.276 e. The second-order valence-corrected chi connectivity index (χ2v) is 6.38. The molecule has 0 aromatic heterocycles. The van der Waals surface area contributed by atoms with Crippen LogP contribution >= 0.6 is 12.2 Å². The zero-order chi connectivity index (χ0) is 20.3. The number of nitro benzene ring substituents is 1. The Labute approximate surface area is 166 Å². The Kier molecular flexibility index (Phi) is 5.42.